The molecule has 3 aromatic rings. The van der Waals surface area contributed by atoms with Crippen LogP contribution in [-0.2, 0) is 0 Å². The van der Waals surface area contributed by atoms with Crippen LogP contribution in [0.15, 0.2) is 30.5 Å². The Kier molecular flexibility index (Phi) is 4.98. The van der Waals surface area contributed by atoms with Gasteiger partial charge in [-0.25, -0.2) is 9.67 Å². The summed E-state index contributed by atoms with van der Waals surface area (Å²) in [7, 11) is 1.63. The van der Waals surface area contributed by atoms with Crippen molar-refractivity contribution in [2.45, 2.75) is 26.7 Å². The number of hydrogen-bond donors (Lipinski definition) is 0. The summed E-state index contributed by atoms with van der Waals surface area (Å²) in [4.78, 5) is 19.5. The van der Waals surface area contributed by atoms with Crippen LogP contribution in [0.4, 0.5) is 0 Å². The Morgan fingerprint density at radius 3 is 2.71 bits per heavy atom. The third-order valence-electron chi connectivity index (χ3n) is 5.30. The van der Waals surface area contributed by atoms with E-state index in [1.54, 1.807) is 18.0 Å². The summed E-state index contributed by atoms with van der Waals surface area (Å²) in [6.07, 6.45) is 3.75. The minimum Gasteiger partial charge on any atom is -0.497 e. The molecule has 1 atom stereocenters. The largest absolute Gasteiger partial charge is 0.497 e. The van der Waals surface area contributed by atoms with Crippen molar-refractivity contribution in [3.63, 3.8) is 0 Å². The van der Waals surface area contributed by atoms with Crippen LogP contribution in [0.25, 0.3) is 16.7 Å². The maximum atomic E-state index is 13.0. The number of carbonyl (C=O) groups excluding carboxylic acids is 1. The number of aromatic nitrogens is 3. The number of rotatable bonds is 3. The van der Waals surface area contributed by atoms with Gasteiger partial charge in [0.25, 0.3) is 5.91 Å². The SMILES string of the molecule is COc1ccc(-n2nc(C)c3c(Cl)c(C(=O)N4CCC[C@H](C)C4)cnc32)cc1. The van der Waals surface area contributed by atoms with Crippen LogP contribution in [0.3, 0.4) is 0 Å². The first-order valence-corrected chi connectivity index (χ1v) is 9.85. The summed E-state index contributed by atoms with van der Waals surface area (Å²) in [5.74, 6) is 1.22. The van der Waals surface area contributed by atoms with Crippen molar-refractivity contribution < 1.29 is 9.53 Å². The van der Waals surface area contributed by atoms with Gasteiger partial charge in [0.05, 0.1) is 34.5 Å². The van der Waals surface area contributed by atoms with Gasteiger partial charge in [-0.2, -0.15) is 5.10 Å². The van der Waals surface area contributed by atoms with Gasteiger partial charge in [-0.05, 0) is 49.9 Å². The van der Waals surface area contributed by atoms with Gasteiger partial charge in [0.15, 0.2) is 5.65 Å². The van der Waals surface area contributed by atoms with E-state index in [-0.39, 0.29) is 5.91 Å². The summed E-state index contributed by atoms with van der Waals surface area (Å²) in [6, 6.07) is 7.56. The molecular weight excluding hydrogens is 376 g/mol. The van der Waals surface area contributed by atoms with Crippen molar-refractivity contribution in [1.82, 2.24) is 19.7 Å². The molecule has 7 heteroatoms. The van der Waals surface area contributed by atoms with E-state index < -0.39 is 0 Å². The van der Waals surface area contributed by atoms with E-state index in [0.29, 0.717) is 27.5 Å². The molecular formula is C21H23ClN4O2. The zero-order chi connectivity index (χ0) is 19.8. The number of methoxy groups -OCH3 is 1. The van der Waals surface area contributed by atoms with E-state index in [9.17, 15) is 4.79 Å². The molecule has 0 bridgehead atoms. The first-order valence-electron chi connectivity index (χ1n) is 9.47. The van der Waals surface area contributed by atoms with Crippen molar-refractivity contribution in [1.29, 1.82) is 0 Å². The van der Waals surface area contributed by atoms with Gasteiger partial charge in [-0.15, -0.1) is 0 Å². The fourth-order valence-corrected chi connectivity index (χ4v) is 4.16. The number of amides is 1. The van der Waals surface area contributed by atoms with Gasteiger partial charge in [-0.3, -0.25) is 4.79 Å². The van der Waals surface area contributed by atoms with E-state index in [0.717, 1.165) is 43.1 Å². The molecule has 1 amide bonds. The highest BCUT2D eigenvalue weighted by molar-refractivity contribution is 6.38. The lowest BCUT2D eigenvalue weighted by molar-refractivity contribution is 0.0683. The van der Waals surface area contributed by atoms with Crippen molar-refractivity contribution in [3.8, 4) is 11.4 Å². The third-order valence-corrected chi connectivity index (χ3v) is 5.69. The predicted octanol–water partition coefficient (Wildman–Crippen LogP) is 4.26. The van der Waals surface area contributed by atoms with Gasteiger partial charge in [0.1, 0.15) is 5.75 Å². The molecule has 1 aromatic carbocycles. The van der Waals surface area contributed by atoms with E-state index >= 15 is 0 Å². The normalized spacial score (nSPS) is 17.1. The first kappa shape index (κ1) is 18.7. The maximum Gasteiger partial charge on any atom is 0.256 e. The summed E-state index contributed by atoms with van der Waals surface area (Å²) in [5.41, 5.74) is 2.67. The van der Waals surface area contributed by atoms with E-state index in [1.807, 2.05) is 36.1 Å². The standard InChI is InChI=1S/C21H23ClN4O2/c1-13-5-4-10-25(12-13)21(27)17-11-23-20-18(19(17)22)14(2)24-26(20)15-6-8-16(28-3)9-7-15/h6-9,11,13H,4-5,10,12H2,1-3H3/t13-/m0/s1. The molecule has 1 aliphatic heterocycles. The van der Waals surface area contributed by atoms with Crippen molar-refractivity contribution in [2.24, 2.45) is 5.92 Å². The minimum atomic E-state index is -0.0532. The van der Waals surface area contributed by atoms with Gasteiger partial charge in [-0.1, -0.05) is 18.5 Å². The molecule has 0 unspecified atom stereocenters. The molecule has 4 rings (SSSR count). The highest BCUT2D eigenvalue weighted by atomic mass is 35.5. The number of halogens is 1. The van der Waals surface area contributed by atoms with Crippen LogP contribution >= 0.6 is 11.6 Å². The predicted molar refractivity (Wildman–Crippen MR) is 109 cm³/mol. The van der Waals surface area contributed by atoms with Crippen LogP contribution < -0.4 is 4.74 Å². The second-order valence-corrected chi connectivity index (χ2v) is 7.76. The molecule has 146 valence electrons. The second kappa shape index (κ2) is 7.43. The van der Waals surface area contributed by atoms with Crippen LogP contribution in [-0.4, -0.2) is 45.8 Å². The highest BCUT2D eigenvalue weighted by Gasteiger charge is 2.26. The summed E-state index contributed by atoms with van der Waals surface area (Å²) in [5, 5.41) is 5.74. The lowest BCUT2D eigenvalue weighted by atomic mass is 9.99. The Labute approximate surface area is 169 Å². The van der Waals surface area contributed by atoms with Gasteiger partial charge >= 0.3 is 0 Å². The van der Waals surface area contributed by atoms with E-state index in [1.165, 1.54) is 0 Å². The first-order chi connectivity index (χ1) is 13.5. The fraction of sp³-hybridized carbons (Fsp3) is 0.381. The topological polar surface area (TPSA) is 60.3 Å². The molecule has 1 saturated heterocycles. The average Bonchev–Trinajstić information content (AvgIpc) is 3.05. The number of likely N-dealkylation sites (tertiary alicyclic amines) is 1. The molecule has 0 aliphatic carbocycles. The zero-order valence-corrected chi connectivity index (χ0v) is 17.0. The van der Waals surface area contributed by atoms with Gasteiger partial charge in [0, 0.05) is 19.3 Å². The zero-order valence-electron chi connectivity index (χ0n) is 16.3. The monoisotopic (exact) mass is 398 g/mol. The Balaban J connectivity index is 1.75. The number of pyridine rings is 1. The summed E-state index contributed by atoms with van der Waals surface area (Å²) >= 11 is 6.68. The van der Waals surface area contributed by atoms with Crippen LogP contribution in [0, 0.1) is 12.8 Å². The van der Waals surface area contributed by atoms with Crippen LogP contribution in [0.1, 0.15) is 35.8 Å². The molecule has 0 radical (unpaired) electrons. The maximum absolute atomic E-state index is 13.0. The molecule has 3 heterocycles. The number of carbonyl (C=O) groups is 1. The number of fused-ring (bicyclic) bond motifs is 1. The minimum absolute atomic E-state index is 0.0532. The summed E-state index contributed by atoms with van der Waals surface area (Å²) in [6.45, 7) is 5.58. The second-order valence-electron chi connectivity index (χ2n) is 7.38. The Hall–Kier alpha value is -2.60. The van der Waals surface area contributed by atoms with Crippen LogP contribution in [0.2, 0.25) is 5.02 Å². The lowest BCUT2D eigenvalue weighted by Gasteiger charge is -2.31. The highest BCUT2D eigenvalue weighted by Crippen LogP contribution is 2.31. The lowest BCUT2D eigenvalue weighted by Crippen LogP contribution is -2.39. The fourth-order valence-electron chi connectivity index (χ4n) is 3.81. The number of piperidine rings is 1. The molecule has 2 aromatic heterocycles. The molecule has 28 heavy (non-hydrogen) atoms. The Bertz CT molecular complexity index is 1030. The van der Waals surface area contributed by atoms with E-state index in [4.69, 9.17) is 16.3 Å². The Morgan fingerprint density at radius 2 is 2.04 bits per heavy atom. The number of benzene rings is 1. The number of hydrogen-bond acceptors (Lipinski definition) is 4. The van der Waals surface area contributed by atoms with Gasteiger partial charge < -0.3 is 9.64 Å². The molecule has 1 aliphatic rings. The van der Waals surface area contributed by atoms with Crippen molar-refractivity contribution >= 4 is 28.5 Å². The van der Waals surface area contributed by atoms with Crippen molar-refractivity contribution in [2.75, 3.05) is 20.2 Å². The molecule has 0 spiro atoms. The quantitative estimate of drug-likeness (QED) is 0.661. The van der Waals surface area contributed by atoms with Crippen LogP contribution in [0.5, 0.6) is 5.75 Å². The third kappa shape index (κ3) is 3.22. The Morgan fingerprint density at radius 1 is 1.29 bits per heavy atom. The van der Waals surface area contributed by atoms with E-state index in [2.05, 4.69) is 17.0 Å². The number of ether oxygens (including phenoxy) is 1. The molecule has 0 saturated carbocycles. The number of nitrogens with zero attached hydrogens (tertiary/aromatic N) is 4. The molecule has 1 fully saturated rings. The number of aryl methyl sites for hydroxylation is 1. The van der Waals surface area contributed by atoms with Crippen molar-refractivity contribution in [3.05, 3.63) is 46.7 Å². The smallest absolute Gasteiger partial charge is 0.256 e. The molecule has 6 nitrogen and oxygen atoms in total. The average molecular weight is 399 g/mol. The summed E-state index contributed by atoms with van der Waals surface area (Å²) < 4.78 is 6.96. The molecule has 0 N–H and O–H groups in total. The van der Waals surface area contributed by atoms with Gasteiger partial charge in [0.2, 0.25) is 0 Å².